The molecule has 0 saturated heterocycles. The first-order valence-electron chi connectivity index (χ1n) is 5.69. The van der Waals surface area contributed by atoms with E-state index in [1.54, 1.807) is 6.07 Å². The number of anilines is 1. The molecule has 0 aromatic carbocycles. The van der Waals surface area contributed by atoms with Crippen molar-refractivity contribution in [3.63, 3.8) is 0 Å². The number of hydrogen-bond acceptors (Lipinski definition) is 4. The van der Waals surface area contributed by atoms with Gasteiger partial charge in [0, 0.05) is 18.2 Å². The first kappa shape index (κ1) is 11.6. The van der Waals surface area contributed by atoms with E-state index in [1.165, 1.54) is 5.56 Å². The Morgan fingerprint density at radius 3 is 2.47 bits per heavy atom. The van der Waals surface area contributed by atoms with Crippen LogP contribution in [0.4, 0.5) is 5.82 Å². The van der Waals surface area contributed by atoms with Crippen LogP contribution in [0.5, 0.6) is 0 Å². The Balaban J connectivity index is 2.59. The summed E-state index contributed by atoms with van der Waals surface area (Å²) in [5.41, 5.74) is 9.05. The van der Waals surface area contributed by atoms with Crippen LogP contribution in [0, 0.1) is 20.8 Å². The van der Waals surface area contributed by atoms with Gasteiger partial charge in [-0.1, -0.05) is 6.92 Å². The fourth-order valence-corrected chi connectivity index (χ4v) is 1.71. The highest BCUT2D eigenvalue weighted by molar-refractivity contribution is 5.39. The highest BCUT2D eigenvalue weighted by atomic mass is 15.3. The maximum absolute atomic E-state index is 5.78. The van der Waals surface area contributed by atoms with Gasteiger partial charge in [-0.2, -0.15) is 5.10 Å². The summed E-state index contributed by atoms with van der Waals surface area (Å²) in [6.45, 7) is 8.08. The summed E-state index contributed by atoms with van der Waals surface area (Å²) in [4.78, 5) is 8.61. The largest absolute Gasteiger partial charge is 0.384 e. The van der Waals surface area contributed by atoms with E-state index in [1.807, 2.05) is 25.5 Å². The summed E-state index contributed by atoms with van der Waals surface area (Å²) < 4.78 is 1.82. The van der Waals surface area contributed by atoms with E-state index in [4.69, 9.17) is 5.73 Å². The van der Waals surface area contributed by atoms with Gasteiger partial charge >= 0.3 is 0 Å². The molecule has 0 fully saturated rings. The van der Waals surface area contributed by atoms with Gasteiger partial charge < -0.3 is 5.73 Å². The SMILES string of the molecule is CCc1nc(N)cc(-n2nc(C)c(C)c2C)n1. The Labute approximate surface area is 101 Å². The number of aryl methyl sites for hydroxylation is 2. The predicted molar refractivity (Wildman–Crippen MR) is 67.2 cm³/mol. The van der Waals surface area contributed by atoms with E-state index >= 15 is 0 Å². The molecule has 0 bridgehead atoms. The number of rotatable bonds is 2. The van der Waals surface area contributed by atoms with E-state index in [0.29, 0.717) is 5.82 Å². The van der Waals surface area contributed by atoms with Gasteiger partial charge in [-0.25, -0.2) is 14.6 Å². The van der Waals surface area contributed by atoms with Crippen LogP contribution in [0.1, 0.15) is 29.7 Å². The number of nitrogen functional groups attached to an aromatic ring is 1. The molecule has 2 heterocycles. The van der Waals surface area contributed by atoms with Crippen LogP contribution in [0.3, 0.4) is 0 Å². The van der Waals surface area contributed by atoms with Gasteiger partial charge in [0.15, 0.2) is 5.82 Å². The molecule has 2 aromatic heterocycles. The summed E-state index contributed by atoms with van der Waals surface area (Å²) in [5, 5.41) is 4.47. The zero-order valence-electron chi connectivity index (χ0n) is 10.7. The van der Waals surface area contributed by atoms with Crippen molar-refractivity contribution < 1.29 is 0 Å². The fraction of sp³-hybridized carbons (Fsp3) is 0.417. The van der Waals surface area contributed by atoms with Crippen molar-refractivity contribution >= 4 is 5.82 Å². The van der Waals surface area contributed by atoms with Crippen molar-refractivity contribution in [1.29, 1.82) is 0 Å². The lowest BCUT2D eigenvalue weighted by molar-refractivity contribution is 0.784. The molecule has 2 rings (SSSR count). The second-order valence-electron chi connectivity index (χ2n) is 4.13. The molecule has 2 N–H and O–H groups in total. The molecule has 0 atom stereocenters. The Morgan fingerprint density at radius 1 is 1.24 bits per heavy atom. The predicted octanol–water partition coefficient (Wildman–Crippen LogP) is 1.73. The van der Waals surface area contributed by atoms with Crippen LogP contribution in [0.15, 0.2) is 6.07 Å². The minimum atomic E-state index is 0.483. The third-order valence-electron chi connectivity index (χ3n) is 2.97. The van der Waals surface area contributed by atoms with Gasteiger partial charge in [0.25, 0.3) is 0 Å². The first-order valence-corrected chi connectivity index (χ1v) is 5.69. The smallest absolute Gasteiger partial charge is 0.159 e. The number of hydrogen-bond donors (Lipinski definition) is 1. The van der Waals surface area contributed by atoms with Crippen LogP contribution in [0.25, 0.3) is 5.82 Å². The monoisotopic (exact) mass is 231 g/mol. The molecular weight excluding hydrogens is 214 g/mol. The third kappa shape index (κ3) is 2.00. The summed E-state index contributed by atoms with van der Waals surface area (Å²) in [5.74, 6) is 1.96. The molecule has 0 saturated carbocycles. The van der Waals surface area contributed by atoms with Gasteiger partial charge in [-0.05, 0) is 26.3 Å². The van der Waals surface area contributed by atoms with Crippen LogP contribution in [0.2, 0.25) is 0 Å². The standard InChI is InChI=1S/C12H17N5/c1-5-11-14-10(13)6-12(15-11)17-9(4)7(2)8(3)16-17/h6H,5H2,1-4H3,(H2,13,14,15). The van der Waals surface area contributed by atoms with Crippen LogP contribution in [-0.4, -0.2) is 19.7 Å². The first-order chi connectivity index (χ1) is 8.02. The minimum absolute atomic E-state index is 0.483. The average molecular weight is 231 g/mol. The van der Waals surface area contributed by atoms with Gasteiger partial charge in [0.05, 0.1) is 5.69 Å². The lowest BCUT2D eigenvalue weighted by Gasteiger charge is -2.06. The molecule has 0 radical (unpaired) electrons. The summed E-state index contributed by atoms with van der Waals surface area (Å²) in [6.07, 6.45) is 0.760. The molecule has 0 spiro atoms. The van der Waals surface area contributed by atoms with Crippen molar-refractivity contribution in [3.8, 4) is 5.82 Å². The van der Waals surface area contributed by atoms with Crippen molar-refractivity contribution in [2.45, 2.75) is 34.1 Å². The average Bonchev–Trinajstić information content (AvgIpc) is 2.56. The van der Waals surface area contributed by atoms with E-state index < -0.39 is 0 Å². The third-order valence-corrected chi connectivity index (χ3v) is 2.97. The highest BCUT2D eigenvalue weighted by Crippen LogP contribution is 2.16. The molecule has 17 heavy (non-hydrogen) atoms. The van der Waals surface area contributed by atoms with Crippen molar-refractivity contribution in [3.05, 3.63) is 28.8 Å². The zero-order chi connectivity index (χ0) is 12.6. The number of nitrogens with two attached hydrogens (primary N) is 1. The van der Waals surface area contributed by atoms with Crippen molar-refractivity contribution in [1.82, 2.24) is 19.7 Å². The number of nitrogens with zero attached hydrogens (tertiary/aromatic N) is 4. The fourth-order valence-electron chi connectivity index (χ4n) is 1.71. The van der Waals surface area contributed by atoms with Gasteiger partial charge in [0.2, 0.25) is 0 Å². The topological polar surface area (TPSA) is 69.6 Å². The van der Waals surface area contributed by atoms with E-state index in [9.17, 15) is 0 Å². The molecule has 0 amide bonds. The Morgan fingerprint density at radius 2 is 1.94 bits per heavy atom. The van der Waals surface area contributed by atoms with Crippen LogP contribution >= 0.6 is 0 Å². The molecule has 0 aliphatic heterocycles. The summed E-state index contributed by atoms with van der Waals surface area (Å²) in [6, 6.07) is 1.75. The molecule has 0 aliphatic rings. The second kappa shape index (κ2) is 4.16. The Bertz CT molecular complexity index is 556. The van der Waals surface area contributed by atoms with E-state index in [0.717, 1.165) is 29.5 Å². The summed E-state index contributed by atoms with van der Waals surface area (Å²) in [7, 11) is 0. The second-order valence-corrected chi connectivity index (χ2v) is 4.13. The quantitative estimate of drug-likeness (QED) is 0.854. The van der Waals surface area contributed by atoms with Gasteiger partial charge in [-0.15, -0.1) is 0 Å². The van der Waals surface area contributed by atoms with E-state index in [2.05, 4.69) is 22.0 Å². The molecule has 2 aromatic rings. The Hall–Kier alpha value is -1.91. The molecule has 5 heteroatoms. The van der Waals surface area contributed by atoms with Crippen LogP contribution < -0.4 is 5.73 Å². The Kier molecular flexibility index (Phi) is 2.83. The van der Waals surface area contributed by atoms with Gasteiger partial charge in [0.1, 0.15) is 11.6 Å². The van der Waals surface area contributed by atoms with Crippen molar-refractivity contribution in [2.75, 3.05) is 5.73 Å². The highest BCUT2D eigenvalue weighted by Gasteiger charge is 2.11. The zero-order valence-corrected chi connectivity index (χ0v) is 10.7. The lowest BCUT2D eigenvalue weighted by atomic mass is 10.2. The van der Waals surface area contributed by atoms with E-state index in [-0.39, 0.29) is 0 Å². The maximum atomic E-state index is 5.78. The molecular formula is C12H17N5. The van der Waals surface area contributed by atoms with Crippen LogP contribution in [-0.2, 0) is 6.42 Å². The van der Waals surface area contributed by atoms with Gasteiger partial charge in [-0.3, -0.25) is 0 Å². The van der Waals surface area contributed by atoms with Crippen molar-refractivity contribution in [2.24, 2.45) is 0 Å². The normalized spacial score (nSPS) is 10.8. The minimum Gasteiger partial charge on any atom is -0.384 e. The molecule has 5 nitrogen and oxygen atoms in total. The molecule has 0 aliphatic carbocycles. The lowest BCUT2D eigenvalue weighted by Crippen LogP contribution is -2.07. The maximum Gasteiger partial charge on any atom is 0.159 e. The summed E-state index contributed by atoms with van der Waals surface area (Å²) >= 11 is 0. The number of aromatic nitrogens is 4. The molecule has 0 unspecified atom stereocenters. The molecule has 90 valence electrons.